The van der Waals surface area contributed by atoms with Crippen molar-refractivity contribution in [1.82, 2.24) is 4.90 Å². The number of amides is 1. The van der Waals surface area contributed by atoms with Gasteiger partial charge in [0.2, 0.25) is 0 Å². The van der Waals surface area contributed by atoms with Crippen LogP contribution in [0.1, 0.15) is 47.5 Å². The smallest absolute Gasteiger partial charge is 0.410 e. The average Bonchev–Trinajstić information content (AvgIpc) is 2.76. The Kier molecular flexibility index (Phi) is 3.15. The largest absolute Gasteiger partial charge is 0.444 e. The molecule has 4 heteroatoms. The van der Waals surface area contributed by atoms with Crippen molar-refractivity contribution in [2.75, 3.05) is 19.6 Å². The molecule has 4 fully saturated rings. The fourth-order valence-corrected chi connectivity index (χ4v) is 5.27. The van der Waals surface area contributed by atoms with Crippen LogP contribution in [0.3, 0.4) is 0 Å². The first-order chi connectivity index (χ1) is 9.60. The number of carbonyl (C=O) groups excluding carboxylic acids is 1. The first-order valence-corrected chi connectivity index (χ1v) is 8.28. The van der Waals surface area contributed by atoms with E-state index in [0.29, 0.717) is 23.8 Å². The molecule has 3 aliphatic carbocycles. The summed E-state index contributed by atoms with van der Waals surface area (Å²) >= 11 is 0. The van der Waals surface area contributed by atoms with Crippen molar-refractivity contribution in [2.24, 2.45) is 34.3 Å². The van der Waals surface area contributed by atoms with Gasteiger partial charge in [-0.25, -0.2) is 4.79 Å². The average molecular weight is 294 g/mol. The number of likely N-dealkylation sites (tertiary alicyclic amines) is 1. The second kappa shape index (κ2) is 4.37. The van der Waals surface area contributed by atoms with Gasteiger partial charge in [-0.15, -0.1) is 0 Å². The molecular weight excluding hydrogens is 264 g/mol. The third kappa shape index (κ3) is 2.09. The lowest BCUT2D eigenvalue weighted by molar-refractivity contribution is -0.168. The first-order valence-electron chi connectivity index (χ1n) is 8.28. The number of hydrogen-bond acceptors (Lipinski definition) is 3. The summed E-state index contributed by atoms with van der Waals surface area (Å²) in [5.41, 5.74) is 6.31. The summed E-state index contributed by atoms with van der Waals surface area (Å²) in [6.45, 7) is 12.8. The summed E-state index contributed by atoms with van der Waals surface area (Å²) in [7, 11) is 0. The van der Waals surface area contributed by atoms with Crippen LogP contribution in [0.2, 0.25) is 0 Å². The summed E-state index contributed by atoms with van der Waals surface area (Å²) in [4.78, 5) is 14.3. The maximum atomic E-state index is 12.4. The van der Waals surface area contributed by atoms with E-state index < -0.39 is 5.60 Å². The number of nitrogens with zero attached hydrogens (tertiary/aromatic N) is 1. The fraction of sp³-hybridized carbons (Fsp3) is 0.941. The molecule has 21 heavy (non-hydrogen) atoms. The maximum Gasteiger partial charge on any atom is 0.410 e. The van der Waals surface area contributed by atoms with E-state index in [2.05, 4.69) is 13.8 Å². The summed E-state index contributed by atoms with van der Waals surface area (Å²) in [5.74, 6) is 2.03. The van der Waals surface area contributed by atoms with Crippen LogP contribution in [0, 0.1) is 28.6 Å². The van der Waals surface area contributed by atoms with E-state index in [1.165, 1.54) is 12.8 Å². The zero-order valence-corrected chi connectivity index (χ0v) is 14.1. The highest BCUT2D eigenvalue weighted by molar-refractivity contribution is 5.68. The summed E-state index contributed by atoms with van der Waals surface area (Å²) in [5, 5.41) is 0. The fourth-order valence-electron chi connectivity index (χ4n) is 5.27. The molecule has 1 aliphatic heterocycles. The minimum atomic E-state index is -0.428. The SMILES string of the molecule is CC(C)(C)OC(=O)N1CC2CC3CC(C3(C)C)C2(CN)C1. The van der Waals surface area contributed by atoms with Crippen molar-refractivity contribution in [2.45, 2.75) is 53.1 Å². The molecule has 0 aromatic carbocycles. The molecule has 1 heterocycles. The highest BCUT2D eigenvalue weighted by Crippen LogP contribution is 2.69. The van der Waals surface area contributed by atoms with Gasteiger partial charge in [0.15, 0.2) is 0 Å². The van der Waals surface area contributed by atoms with Crippen LogP contribution in [0.4, 0.5) is 4.79 Å². The van der Waals surface area contributed by atoms with Gasteiger partial charge in [-0.3, -0.25) is 0 Å². The van der Waals surface area contributed by atoms with Gasteiger partial charge in [0.05, 0.1) is 0 Å². The summed E-state index contributed by atoms with van der Waals surface area (Å²) in [6.07, 6.45) is 2.35. The predicted molar refractivity (Wildman–Crippen MR) is 82.8 cm³/mol. The standard InChI is InChI=1S/C17H30N2O2/c1-15(2,3)21-14(20)19-8-12-6-11-7-13(16(11,4)5)17(12,9-18)10-19/h11-13H,6-10,18H2,1-5H3. The Hall–Kier alpha value is -0.770. The van der Waals surface area contributed by atoms with Crippen LogP contribution in [-0.4, -0.2) is 36.2 Å². The van der Waals surface area contributed by atoms with Crippen molar-refractivity contribution in [1.29, 1.82) is 0 Å². The van der Waals surface area contributed by atoms with Crippen LogP contribution in [0.15, 0.2) is 0 Å². The normalized spacial score (nSPS) is 40.5. The van der Waals surface area contributed by atoms with Crippen molar-refractivity contribution < 1.29 is 9.53 Å². The third-order valence-corrected chi connectivity index (χ3v) is 6.50. The Labute approximate surface area is 128 Å². The lowest BCUT2D eigenvalue weighted by Crippen LogP contribution is -2.63. The minimum absolute atomic E-state index is 0.120. The lowest BCUT2D eigenvalue weighted by atomic mass is 9.38. The Morgan fingerprint density at radius 1 is 1.29 bits per heavy atom. The molecule has 1 saturated heterocycles. The van der Waals surface area contributed by atoms with Gasteiger partial charge in [-0.1, -0.05) is 13.8 Å². The molecule has 0 aromatic heterocycles. The molecule has 2 bridgehead atoms. The van der Waals surface area contributed by atoms with E-state index in [4.69, 9.17) is 10.5 Å². The van der Waals surface area contributed by atoms with E-state index >= 15 is 0 Å². The molecular formula is C17H30N2O2. The van der Waals surface area contributed by atoms with Gasteiger partial charge in [0, 0.05) is 25.0 Å². The number of hydrogen-bond donors (Lipinski definition) is 1. The molecule has 4 atom stereocenters. The first kappa shape index (κ1) is 15.1. The van der Waals surface area contributed by atoms with Gasteiger partial charge in [-0.2, -0.15) is 0 Å². The van der Waals surface area contributed by atoms with Gasteiger partial charge >= 0.3 is 6.09 Å². The van der Waals surface area contributed by atoms with Gasteiger partial charge in [0.1, 0.15) is 5.60 Å². The Bertz CT molecular complexity index is 454. The van der Waals surface area contributed by atoms with Crippen LogP contribution in [0.5, 0.6) is 0 Å². The molecule has 4 unspecified atom stereocenters. The molecule has 2 N–H and O–H groups in total. The van der Waals surface area contributed by atoms with Gasteiger partial charge in [0.25, 0.3) is 0 Å². The van der Waals surface area contributed by atoms with Crippen molar-refractivity contribution in [3.05, 3.63) is 0 Å². The molecule has 0 spiro atoms. The van der Waals surface area contributed by atoms with Gasteiger partial charge in [-0.05, 0) is 56.8 Å². The molecule has 0 radical (unpaired) electrons. The van der Waals surface area contributed by atoms with Crippen molar-refractivity contribution in [3.63, 3.8) is 0 Å². The van der Waals surface area contributed by atoms with E-state index in [1.807, 2.05) is 25.7 Å². The molecule has 0 aromatic rings. The second-order valence-electron chi connectivity index (χ2n) is 9.04. The zero-order chi connectivity index (χ0) is 15.6. The number of nitrogens with two attached hydrogens (primary N) is 1. The molecule has 3 saturated carbocycles. The highest BCUT2D eigenvalue weighted by atomic mass is 16.6. The van der Waals surface area contributed by atoms with Crippen molar-refractivity contribution in [3.8, 4) is 0 Å². The number of rotatable bonds is 1. The third-order valence-electron chi connectivity index (χ3n) is 6.50. The van der Waals surface area contributed by atoms with E-state index in [1.54, 1.807) is 0 Å². The van der Waals surface area contributed by atoms with E-state index in [0.717, 1.165) is 19.0 Å². The van der Waals surface area contributed by atoms with E-state index in [9.17, 15) is 4.79 Å². The van der Waals surface area contributed by atoms with Crippen molar-refractivity contribution >= 4 is 6.09 Å². The van der Waals surface area contributed by atoms with E-state index in [-0.39, 0.29) is 11.5 Å². The summed E-state index contributed by atoms with van der Waals surface area (Å²) < 4.78 is 5.56. The van der Waals surface area contributed by atoms with Crippen LogP contribution in [-0.2, 0) is 4.74 Å². The minimum Gasteiger partial charge on any atom is -0.444 e. The monoisotopic (exact) mass is 294 g/mol. The summed E-state index contributed by atoms with van der Waals surface area (Å²) in [6, 6.07) is 0. The maximum absolute atomic E-state index is 12.4. The number of carbonyl (C=O) groups is 1. The highest BCUT2D eigenvalue weighted by Gasteiger charge is 2.67. The Balaban J connectivity index is 1.79. The molecule has 4 nitrogen and oxygen atoms in total. The number of ether oxygens (including phenoxy) is 1. The topological polar surface area (TPSA) is 55.6 Å². The van der Waals surface area contributed by atoms with Crippen LogP contribution < -0.4 is 5.73 Å². The van der Waals surface area contributed by atoms with Crippen LogP contribution >= 0.6 is 0 Å². The molecule has 120 valence electrons. The van der Waals surface area contributed by atoms with Gasteiger partial charge < -0.3 is 15.4 Å². The Morgan fingerprint density at radius 3 is 2.48 bits per heavy atom. The van der Waals surface area contributed by atoms with Crippen LogP contribution in [0.25, 0.3) is 0 Å². The molecule has 4 aliphatic rings. The zero-order valence-electron chi connectivity index (χ0n) is 14.1. The Morgan fingerprint density at radius 2 is 1.95 bits per heavy atom. The predicted octanol–water partition coefficient (Wildman–Crippen LogP) is 2.86. The quantitative estimate of drug-likeness (QED) is 0.809. The second-order valence-corrected chi connectivity index (χ2v) is 9.04. The molecule has 4 rings (SSSR count). The molecule has 1 amide bonds. The lowest BCUT2D eigenvalue weighted by Gasteiger charge is -2.66.